The standard InChI is InChI=1S/C7H14O2Si/c1-6(7(8)9)5-10(2,3)4/h1,5H2,2-4H3,(H,8,9). The van der Waals surface area contributed by atoms with E-state index in [1.165, 1.54) is 0 Å². The van der Waals surface area contributed by atoms with Crippen LogP contribution in [0.4, 0.5) is 0 Å². The second-order valence-corrected chi connectivity index (χ2v) is 9.12. The molecule has 0 fully saturated rings. The summed E-state index contributed by atoms with van der Waals surface area (Å²) in [7, 11) is -1.26. The van der Waals surface area contributed by atoms with E-state index in [0.717, 1.165) is 0 Å². The molecular weight excluding hydrogens is 144 g/mol. The van der Waals surface area contributed by atoms with Gasteiger partial charge in [0.25, 0.3) is 0 Å². The van der Waals surface area contributed by atoms with Gasteiger partial charge < -0.3 is 5.11 Å². The number of aliphatic carboxylic acids is 1. The summed E-state index contributed by atoms with van der Waals surface area (Å²) in [6.45, 7) is 9.85. The average Bonchev–Trinajstić information content (AvgIpc) is 1.60. The molecule has 0 saturated carbocycles. The van der Waals surface area contributed by atoms with Crippen molar-refractivity contribution in [1.82, 2.24) is 0 Å². The summed E-state index contributed by atoms with van der Waals surface area (Å²) in [6, 6.07) is 0.683. The molecule has 2 nitrogen and oxygen atoms in total. The van der Waals surface area contributed by atoms with Gasteiger partial charge in [-0.25, -0.2) is 4.79 Å². The minimum absolute atomic E-state index is 0.346. The molecule has 0 heterocycles. The van der Waals surface area contributed by atoms with E-state index < -0.39 is 14.0 Å². The Hall–Kier alpha value is -0.573. The number of hydrogen-bond acceptors (Lipinski definition) is 1. The van der Waals surface area contributed by atoms with E-state index in [1.807, 2.05) is 0 Å². The summed E-state index contributed by atoms with van der Waals surface area (Å²) in [4.78, 5) is 10.3. The molecule has 0 aliphatic rings. The lowest BCUT2D eigenvalue weighted by Gasteiger charge is -2.14. The zero-order chi connectivity index (χ0) is 8.36. The lowest BCUT2D eigenvalue weighted by Crippen LogP contribution is -2.21. The van der Waals surface area contributed by atoms with Crippen molar-refractivity contribution in [3.05, 3.63) is 12.2 Å². The van der Waals surface area contributed by atoms with Gasteiger partial charge in [-0.3, -0.25) is 0 Å². The maximum absolute atomic E-state index is 10.3. The smallest absolute Gasteiger partial charge is 0.330 e. The third kappa shape index (κ3) is 4.32. The van der Waals surface area contributed by atoms with E-state index in [4.69, 9.17) is 5.11 Å². The summed E-state index contributed by atoms with van der Waals surface area (Å²) in [5.74, 6) is -0.859. The van der Waals surface area contributed by atoms with Crippen LogP contribution in [0.3, 0.4) is 0 Å². The van der Waals surface area contributed by atoms with Crippen LogP contribution in [0.25, 0.3) is 0 Å². The van der Waals surface area contributed by atoms with Crippen molar-refractivity contribution < 1.29 is 9.90 Å². The number of carboxylic acid groups (broad SMARTS) is 1. The topological polar surface area (TPSA) is 37.3 Å². The van der Waals surface area contributed by atoms with Crippen LogP contribution in [0.5, 0.6) is 0 Å². The normalized spacial score (nSPS) is 11.1. The van der Waals surface area contributed by atoms with Gasteiger partial charge in [-0.15, -0.1) is 0 Å². The van der Waals surface area contributed by atoms with Crippen molar-refractivity contribution in [1.29, 1.82) is 0 Å². The van der Waals surface area contributed by atoms with Crippen LogP contribution in [0.1, 0.15) is 0 Å². The molecule has 58 valence electrons. The molecule has 0 aromatic rings. The first-order valence-electron chi connectivity index (χ1n) is 3.24. The van der Waals surface area contributed by atoms with Gasteiger partial charge in [0.05, 0.1) is 0 Å². The maximum Gasteiger partial charge on any atom is 0.330 e. The molecule has 3 heteroatoms. The minimum atomic E-state index is -1.26. The average molecular weight is 158 g/mol. The first-order valence-corrected chi connectivity index (χ1v) is 6.95. The first-order chi connectivity index (χ1) is 4.33. The number of rotatable bonds is 3. The molecule has 0 aromatic heterocycles. The van der Waals surface area contributed by atoms with Crippen molar-refractivity contribution in [3.63, 3.8) is 0 Å². The van der Waals surface area contributed by atoms with Crippen LogP contribution in [-0.2, 0) is 4.79 Å². The van der Waals surface area contributed by atoms with Gasteiger partial charge in [-0.1, -0.05) is 26.2 Å². The Labute approximate surface area is 62.6 Å². The fourth-order valence-electron chi connectivity index (χ4n) is 0.716. The fraction of sp³-hybridized carbons (Fsp3) is 0.571. The van der Waals surface area contributed by atoms with Crippen LogP contribution in [0, 0.1) is 0 Å². The quantitative estimate of drug-likeness (QED) is 0.503. The van der Waals surface area contributed by atoms with Gasteiger partial charge >= 0.3 is 5.97 Å². The lowest BCUT2D eigenvalue weighted by molar-refractivity contribution is -0.132. The van der Waals surface area contributed by atoms with Crippen molar-refractivity contribution in [2.75, 3.05) is 0 Å². The molecule has 10 heavy (non-hydrogen) atoms. The van der Waals surface area contributed by atoms with E-state index >= 15 is 0 Å². The molecule has 0 amide bonds. The Morgan fingerprint density at radius 2 is 1.90 bits per heavy atom. The van der Waals surface area contributed by atoms with Crippen LogP contribution in [-0.4, -0.2) is 19.1 Å². The number of hydrogen-bond donors (Lipinski definition) is 1. The highest BCUT2D eigenvalue weighted by atomic mass is 28.3. The second-order valence-electron chi connectivity index (χ2n) is 3.65. The van der Waals surface area contributed by atoms with Gasteiger partial charge in [0.2, 0.25) is 0 Å². The Morgan fingerprint density at radius 3 is 2.00 bits per heavy atom. The van der Waals surface area contributed by atoms with Crippen LogP contribution in [0.2, 0.25) is 25.7 Å². The molecule has 0 saturated heterocycles. The summed E-state index contributed by atoms with van der Waals surface area (Å²) in [5, 5.41) is 8.47. The van der Waals surface area contributed by atoms with Gasteiger partial charge in [0.1, 0.15) is 0 Å². The van der Waals surface area contributed by atoms with Gasteiger partial charge in [0, 0.05) is 13.6 Å². The number of carbonyl (C=O) groups is 1. The van der Waals surface area contributed by atoms with Crippen molar-refractivity contribution in [3.8, 4) is 0 Å². The molecule has 0 bridgehead atoms. The molecule has 0 spiro atoms. The molecule has 0 unspecified atom stereocenters. The van der Waals surface area contributed by atoms with Crippen LogP contribution < -0.4 is 0 Å². The van der Waals surface area contributed by atoms with Gasteiger partial charge in [0.15, 0.2) is 0 Å². The molecule has 0 rings (SSSR count). The predicted octanol–water partition coefficient (Wildman–Crippen LogP) is 1.97. The highest BCUT2D eigenvalue weighted by Gasteiger charge is 2.17. The van der Waals surface area contributed by atoms with E-state index in [2.05, 4.69) is 26.2 Å². The number of carboxylic acids is 1. The third-order valence-corrected chi connectivity index (χ3v) is 2.53. The van der Waals surface area contributed by atoms with E-state index in [1.54, 1.807) is 0 Å². The van der Waals surface area contributed by atoms with Crippen molar-refractivity contribution in [2.45, 2.75) is 25.7 Å². The minimum Gasteiger partial charge on any atom is -0.478 e. The zero-order valence-electron chi connectivity index (χ0n) is 6.77. The van der Waals surface area contributed by atoms with Gasteiger partial charge in [-0.2, -0.15) is 0 Å². The Morgan fingerprint density at radius 1 is 1.50 bits per heavy atom. The molecule has 0 atom stereocenters. The lowest BCUT2D eigenvalue weighted by atomic mass is 10.4. The summed E-state index contributed by atoms with van der Waals surface area (Å²) < 4.78 is 0. The van der Waals surface area contributed by atoms with Gasteiger partial charge in [-0.05, 0) is 6.04 Å². The molecule has 0 aliphatic carbocycles. The summed E-state index contributed by atoms with van der Waals surface area (Å²) >= 11 is 0. The summed E-state index contributed by atoms with van der Waals surface area (Å²) in [5.41, 5.74) is 0.346. The SMILES string of the molecule is C=C(C[Si](C)(C)C)C(=O)O. The van der Waals surface area contributed by atoms with Crippen LogP contribution >= 0.6 is 0 Å². The highest BCUT2D eigenvalue weighted by Crippen LogP contribution is 2.14. The Balaban J connectivity index is 3.93. The third-order valence-electron chi connectivity index (χ3n) is 1.05. The largest absolute Gasteiger partial charge is 0.478 e. The highest BCUT2D eigenvalue weighted by molar-refractivity contribution is 6.77. The maximum atomic E-state index is 10.3. The first kappa shape index (κ1) is 9.43. The van der Waals surface area contributed by atoms with E-state index in [9.17, 15) is 4.79 Å². The molecule has 0 radical (unpaired) electrons. The monoisotopic (exact) mass is 158 g/mol. The van der Waals surface area contributed by atoms with Crippen molar-refractivity contribution >= 4 is 14.0 Å². The van der Waals surface area contributed by atoms with E-state index in [0.29, 0.717) is 11.6 Å². The Kier molecular flexibility index (Phi) is 2.84. The molecular formula is C7H14O2Si. The molecule has 0 aliphatic heterocycles. The summed E-state index contributed by atoms with van der Waals surface area (Å²) in [6.07, 6.45) is 0. The fourth-order valence-corrected chi connectivity index (χ4v) is 2.15. The molecule has 0 aromatic carbocycles. The predicted molar refractivity (Wildman–Crippen MR) is 44.9 cm³/mol. The second kappa shape index (κ2) is 3.01. The molecule has 1 N–H and O–H groups in total. The van der Waals surface area contributed by atoms with Crippen LogP contribution in [0.15, 0.2) is 12.2 Å². The zero-order valence-corrected chi connectivity index (χ0v) is 7.77. The van der Waals surface area contributed by atoms with E-state index in [-0.39, 0.29) is 0 Å². The Bertz CT molecular complexity index is 155. The van der Waals surface area contributed by atoms with Crippen molar-refractivity contribution in [2.24, 2.45) is 0 Å².